The van der Waals surface area contributed by atoms with Crippen LogP contribution in [0.15, 0.2) is 71.6 Å². The standard InChI is InChI=1S/C22H20Cl2N2O3S/c1-15-11-16(2)13-17(12-15)26(30(28,29)18-7-4-3-5-8-18)14-21(27)25-22-19(23)9-6-10-20(22)24/h3-13H,14H2,1-2H3,(H,25,27). The van der Waals surface area contributed by atoms with Crippen molar-refractivity contribution in [2.45, 2.75) is 18.7 Å². The van der Waals surface area contributed by atoms with Gasteiger partial charge in [-0.1, -0.05) is 53.5 Å². The summed E-state index contributed by atoms with van der Waals surface area (Å²) in [4.78, 5) is 12.9. The molecule has 0 aromatic heterocycles. The van der Waals surface area contributed by atoms with Gasteiger partial charge in [0.1, 0.15) is 6.54 Å². The number of sulfonamides is 1. The van der Waals surface area contributed by atoms with Crippen LogP contribution in [0.3, 0.4) is 0 Å². The summed E-state index contributed by atoms with van der Waals surface area (Å²) in [5, 5.41) is 3.15. The number of carbonyl (C=O) groups is 1. The second-order valence-corrected chi connectivity index (χ2v) is 9.49. The number of nitrogens with zero attached hydrogens (tertiary/aromatic N) is 1. The van der Waals surface area contributed by atoms with Crippen LogP contribution in [-0.2, 0) is 14.8 Å². The molecular formula is C22H20Cl2N2O3S. The Balaban J connectivity index is 2.01. The minimum Gasteiger partial charge on any atom is -0.322 e. The third-order valence-electron chi connectivity index (χ3n) is 4.34. The van der Waals surface area contributed by atoms with Crippen LogP contribution < -0.4 is 9.62 Å². The van der Waals surface area contributed by atoms with Gasteiger partial charge in [-0.15, -0.1) is 0 Å². The van der Waals surface area contributed by atoms with Crippen molar-refractivity contribution in [3.8, 4) is 0 Å². The first-order valence-corrected chi connectivity index (χ1v) is 11.3. The van der Waals surface area contributed by atoms with Gasteiger partial charge < -0.3 is 5.32 Å². The van der Waals surface area contributed by atoms with Crippen LogP contribution in [0.1, 0.15) is 11.1 Å². The Bertz CT molecular complexity index is 1140. The molecule has 3 aromatic rings. The molecule has 3 rings (SSSR count). The maximum Gasteiger partial charge on any atom is 0.264 e. The van der Waals surface area contributed by atoms with E-state index >= 15 is 0 Å². The van der Waals surface area contributed by atoms with Crippen LogP contribution in [0.4, 0.5) is 11.4 Å². The third kappa shape index (κ3) is 4.95. The van der Waals surface area contributed by atoms with E-state index in [-0.39, 0.29) is 20.6 Å². The minimum atomic E-state index is -3.99. The van der Waals surface area contributed by atoms with E-state index in [9.17, 15) is 13.2 Å². The fourth-order valence-electron chi connectivity index (χ4n) is 3.06. The fraction of sp³-hybridized carbons (Fsp3) is 0.136. The number of hydrogen-bond acceptors (Lipinski definition) is 3. The van der Waals surface area contributed by atoms with E-state index in [4.69, 9.17) is 23.2 Å². The first-order valence-electron chi connectivity index (χ1n) is 9.08. The maximum atomic E-state index is 13.4. The van der Waals surface area contributed by atoms with Gasteiger partial charge >= 0.3 is 0 Å². The van der Waals surface area contributed by atoms with Gasteiger partial charge in [-0.05, 0) is 61.4 Å². The first-order chi connectivity index (χ1) is 14.2. The molecule has 3 aromatic carbocycles. The Morgan fingerprint density at radius 1 is 0.900 bits per heavy atom. The van der Waals surface area contributed by atoms with Crippen molar-refractivity contribution in [3.05, 3.63) is 87.9 Å². The van der Waals surface area contributed by atoms with Crippen LogP contribution in [-0.4, -0.2) is 20.9 Å². The molecule has 8 heteroatoms. The number of amides is 1. The molecule has 0 aliphatic carbocycles. The van der Waals surface area contributed by atoms with Gasteiger partial charge in [0.2, 0.25) is 5.91 Å². The molecule has 0 bridgehead atoms. The molecule has 0 aliphatic rings. The van der Waals surface area contributed by atoms with Crippen LogP contribution >= 0.6 is 23.2 Å². The highest BCUT2D eigenvalue weighted by atomic mass is 35.5. The highest BCUT2D eigenvalue weighted by molar-refractivity contribution is 7.92. The molecule has 0 spiro atoms. The molecule has 0 saturated carbocycles. The van der Waals surface area contributed by atoms with Crippen molar-refractivity contribution in [1.29, 1.82) is 0 Å². The summed E-state index contributed by atoms with van der Waals surface area (Å²) >= 11 is 12.2. The van der Waals surface area contributed by atoms with E-state index in [2.05, 4.69) is 5.32 Å². The number of nitrogens with one attached hydrogen (secondary N) is 1. The predicted molar refractivity (Wildman–Crippen MR) is 122 cm³/mol. The summed E-state index contributed by atoms with van der Waals surface area (Å²) < 4.78 is 27.8. The van der Waals surface area contributed by atoms with Gasteiger partial charge in [0, 0.05) is 0 Å². The molecule has 0 atom stereocenters. The van der Waals surface area contributed by atoms with E-state index in [1.54, 1.807) is 48.5 Å². The fourth-order valence-corrected chi connectivity index (χ4v) is 4.97. The van der Waals surface area contributed by atoms with Crippen molar-refractivity contribution < 1.29 is 13.2 Å². The maximum absolute atomic E-state index is 13.4. The Kier molecular flexibility index (Phi) is 6.71. The van der Waals surface area contributed by atoms with Crippen LogP contribution in [0.5, 0.6) is 0 Å². The lowest BCUT2D eigenvalue weighted by molar-refractivity contribution is -0.114. The topological polar surface area (TPSA) is 66.5 Å². The molecule has 5 nitrogen and oxygen atoms in total. The molecule has 0 fully saturated rings. The predicted octanol–water partition coefficient (Wildman–Crippen LogP) is 5.44. The van der Waals surface area contributed by atoms with E-state index in [1.807, 2.05) is 19.9 Å². The van der Waals surface area contributed by atoms with Crippen molar-refractivity contribution in [1.82, 2.24) is 0 Å². The van der Waals surface area contributed by atoms with Crippen molar-refractivity contribution in [3.63, 3.8) is 0 Å². The second-order valence-electron chi connectivity index (χ2n) is 6.82. The van der Waals surface area contributed by atoms with Gasteiger partial charge in [0.25, 0.3) is 10.0 Å². The third-order valence-corrected chi connectivity index (χ3v) is 6.76. The van der Waals surface area contributed by atoms with Gasteiger partial charge in [-0.2, -0.15) is 0 Å². The first kappa shape index (κ1) is 22.2. The van der Waals surface area contributed by atoms with Gasteiger partial charge in [0.15, 0.2) is 0 Å². The van der Waals surface area contributed by atoms with Gasteiger partial charge in [-0.25, -0.2) is 8.42 Å². The van der Waals surface area contributed by atoms with E-state index in [1.165, 1.54) is 12.1 Å². The molecule has 156 valence electrons. The number of aryl methyl sites for hydroxylation is 2. The zero-order chi connectivity index (χ0) is 21.9. The number of carbonyl (C=O) groups excluding carboxylic acids is 1. The Morgan fingerprint density at radius 3 is 2.03 bits per heavy atom. The quantitative estimate of drug-likeness (QED) is 0.529. The SMILES string of the molecule is Cc1cc(C)cc(N(CC(=O)Nc2c(Cl)cccc2Cl)S(=O)(=O)c2ccccc2)c1. The second kappa shape index (κ2) is 9.08. The monoisotopic (exact) mass is 462 g/mol. The number of para-hydroxylation sites is 1. The summed E-state index contributed by atoms with van der Waals surface area (Å²) in [7, 11) is -3.99. The Hall–Kier alpha value is -2.54. The van der Waals surface area contributed by atoms with Crippen molar-refractivity contribution >= 4 is 50.5 Å². The Labute approximate surface area is 186 Å². The summed E-state index contributed by atoms with van der Waals surface area (Å²) in [6, 6.07) is 18.2. The molecule has 0 heterocycles. The number of hydrogen-bond donors (Lipinski definition) is 1. The highest BCUT2D eigenvalue weighted by Crippen LogP contribution is 2.30. The van der Waals surface area contributed by atoms with Crippen LogP contribution in [0, 0.1) is 13.8 Å². The highest BCUT2D eigenvalue weighted by Gasteiger charge is 2.28. The molecule has 0 saturated heterocycles. The Morgan fingerprint density at radius 2 is 1.47 bits per heavy atom. The van der Waals surface area contributed by atoms with Crippen LogP contribution in [0.25, 0.3) is 0 Å². The summed E-state index contributed by atoms with van der Waals surface area (Å²) in [6.07, 6.45) is 0. The molecule has 0 aliphatic heterocycles. The molecule has 0 radical (unpaired) electrons. The van der Waals surface area contributed by atoms with Crippen molar-refractivity contribution in [2.75, 3.05) is 16.2 Å². The summed E-state index contributed by atoms with van der Waals surface area (Å²) in [6.45, 7) is 3.29. The molecular weight excluding hydrogens is 443 g/mol. The van der Waals surface area contributed by atoms with E-state index in [0.717, 1.165) is 15.4 Å². The van der Waals surface area contributed by atoms with Gasteiger partial charge in [-0.3, -0.25) is 9.10 Å². The average molecular weight is 463 g/mol. The number of halogens is 2. The molecule has 30 heavy (non-hydrogen) atoms. The molecule has 0 unspecified atom stereocenters. The molecule has 1 amide bonds. The van der Waals surface area contributed by atoms with E-state index < -0.39 is 22.5 Å². The zero-order valence-electron chi connectivity index (χ0n) is 16.4. The minimum absolute atomic E-state index is 0.0905. The number of benzene rings is 3. The van der Waals surface area contributed by atoms with Crippen molar-refractivity contribution in [2.24, 2.45) is 0 Å². The average Bonchev–Trinajstić information content (AvgIpc) is 2.69. The van der Waals surface area contributed by atoms with Crippen LogP contribution in [0.2, 0.25) is 10.0 Å². The summed E-state index contributed by atoms with van der Waals surface area (Å²) in [5.41, 5.74) is 2.40. The smallest absolute Gasteiger partial charge is 0.264 e. The lowest BCUT2D eigenvalue weighted by Gasteiger charge is -2.25. The number of anilines is 2. The summed E-state index contributed by atoms with van der Waals surface area (Å²) in [5.74, 6) is -0.566. The zero-order valence-corrected chi connectivity index (χ0v) is 18.7. The lowest BCUT2D eigenvalue weighted by Crippen LogP contribution is -2.38. The van der Waals surface area contributed by atoms with E-state index in [0.29, 0.717) is 5.69 Å². The largest absolute Gasteiger partial charge is 0.322 e. The van der Waals surface area contributed by atoms with Gasteiger partial charge in [0.05, 0.1) is 26.3 Å². The lowest BCUT2D eigenvalue weighted by atomic mass is 10.1. The normalized spacial score (nSPS) is 11.2. The number of rotatable bonds is 6. The molecule has 1 N–H and O–H groups in total.